The van der Waals surface area contributed by atoms with Crippen LogP contribution in [0, 0.1) is 13.8 Å². The maximum Gasteiger partial charge on any atom is 0.328 e. The summed E-state index contributed by atoms with van der Waals surface area (Å²) >= 11 is 1.68. The minimum absolute atomic E-state index is 0.810. The van der Waals surface area contributed by atoms with Crippen molar-refractivity contribution in [1.29, 1.82) is 0 Å². The van der Waals surface area contributed by atoms with E-state index in [1.54, 1.807) is 17.8 Å². The summed E-state index contributed by atoms with van der Waals surface area (Å²) in [6.45, 7) is 4.06. The summed E-state index contributed by atoms with van der Waals surface area (Å²) in [7, 11) is 0. The van der Waals surface area contributed by atoms with Gasteiger partial charge in [-0.1, -0.05) is 24.3 Å². The maximum atomic E-state index is 10.5. The van der Waals surface area contributed by atoms with E-state index in [0.717, 1.165) is 33.7 Å². The number of aromatic nitrogens is 1. The van der Waals surface area contributed by atoms with Gasteiger partial charge in [-0.25, -0.2) is 9.78 Å². The van der Waals surface area contributed by atoms with Gasteiger partial charge in [0.25, 0.3) is 0 Å². The second-order valence-corrected chi connectivity index (χ2v) is 5.83. The summed E-state index contributed by atoms with van der Waals surface area (Å²) < 4.78 is 0. The minimum Gasteiger partial charge on any atom is -0.478 e. The van der Waals surface area contributed by atoms with Crippen LogP contribution < -0.4 is 0 Å². The highest BCUT2D eigenvalue weighted by Gasteiger charge is 2.01. The van der Waals surface area contributed by atoms with Gasteiger partial charge in [-0.2, -0.15) is 0 Å². The van der Waals surface area contributed by atoms with Crippen molar-refractivity contribution < 1.29 is 9.90 Å². The molecule has 0 radical (unpaired) electrons. The number of carbonyl (C=O) groups is 1. The zero-order valence-electron chi connectivity index (χ0n) is 12.0. The maximum absolute atomic E-state index is 10.5. The number of pyridine rings is 1. The first-order valence-electron chi connectivity index (χ1n) is 6.61. The van der Waals surface area contributed by atoms with Crippen molar-refractivity contribution in [3.63, 3.8) is 0 Å². The molecule has 1 N–H and O–H groups in total. The van der Waals surface area contributed by atoms with Gasteiger partial charge >= 0.3 is 5.97 Å². The van der Waals surface area contributed by atoms with Gasteiger partial charge in [-0.15, -0.1) is 11.8 Å². The van der Waals surface area contributed by atoms with E-state index >= 15 is 0 Å². The molecule has 3 nitrogen and oxygen atoms in total. The predicted octanol–water partition coefficient (Wildman–Crippen LogP) is 4.09. The van der Waals surface area contributed by atoms with Crippen molar-refractivity contribution in [2.45, 2.75) is 24.6 Å². The van der Waals surface area contributed by atoms with E-state index in [2.05, 4.69) is 24.0 Å². The lowest BCUT2D eigenvalue weighted by Crippen LogP contribution is -1.89. The number of thioether (sulfide) groups is 1. The fraction of sp³-hybridized carbons (Fsp3) is 0.176. The van der Waals surface area contributed by atoms with Gasteiger partial charge in [0.05, 0.1) is 5.03 Å². The lowest BCUT2D eigenvalue weighted by Gasteiger charge is -2.05. The molecule has 0 saturated heterocycles. The Morgan fingerprint density at radius 2 is 2.10 bits per heavy atom. The molecule has 0 bridgehead atoms. The summed E-state index contributed by atoms with van der Waals surface area (Å²) in [4.78, 5) is 15.0. The van der Waals surface area contributed by atoms with Crippen molar-refractivity contribution in [3.8, 4) is 0 Å². The fourth-order valence-electron chi connectivity index (χ4n) is 1.99. The van der Waals surface area contributed by atoms with Crippen molar-refractivity contribution in [2.75, 3.05) is 0 Å². The van der Waals surface area contributed by atoms with E-state index < -0.39 is 5.97 Å². The lowest BCUT2D eigenvalue weighted by molar-refractivity contribution is -0.131. The first kappa shape index (κ1) is 15.3. The molecule has 0 unspecified atom stereocenters. The molecule has 0 aliphatic carbocycles. The van der Waals surface area contributed by atoms with Gasteiger partial charge in [0.15, 0.2) is 0 Å². The Balaban J connectivity index is 2.06. The van der Waals surface area contributed by atoms with Gasteiger partial charge in [-0.3, -0.25) is 0 Å². The molecule has 1 heterocycles. The Morgan fingerprint density at radius 1 is 1.29 bits per heavy atom. The molecule has 0 aliphatic heterocycles. The highest BCUT2D eigenvalue weighted by atomic mass is 32.2. The highest BCUT2D eigenvalue weighted by Crippen LogP contribution is 2.23. The standard InChI is InChI=1S/C17H17NO2S/c1-12-8-13(2)18-16(9-12)21-11-15-5-3-4-14(10-15)6-7-17(19)20/h3-10H,11H2,1-2H3,(H,19,20)/b7-6+. The van der Waals surface area contributed by atoms with E-state index in [0.29, 0.717) is 0 Å². The molecule has 0 amide bonds. The number of nitrogens with zero attached hydrogens (tertiary/aromatic N) is 1. The summed E-state index contributed by atoms with van der Waals surface area (Å²) in [5, 5.41) is 9.66. The van der Waals surface area contributed by atoms with E-state index in [1.807, 2.05) is 31.2 Å². The molecule has 2 rings (SSSR count). The van der Waals surface area contributed by atoms with Crippen LogP contribution in [0.1, 0.15) is 22.4 Å². The van der Waals surface area contributed by atoms with Crippen LogP contribution in [0.5, 0.6) is 0 Å². The Hall–Kier alpha value is -2.07. The molecule has 0 spiro atoms. The summed E-state index contributed by atoms with van der Waals surface area (Å²) in [5.74, 6) is -0.126. The SMILES string of the molecule is Cc1cc(C)nc(SCc2cccc(/C=C/C(=O)O)c2)c1. The van der Waals surface area contributed by atoms with Crippen LogP contribution in [0.2, 0.25) is 0 Å². The largest absolute Gasteiger partial charge is 0.478 e. The van der Waals surface area contributed by atoms with E-state index in [-0.39, 0.29) is 0 Å². The number of carboxylic acid groups (broad SMARTS) is 1. The number of hydrogen-bond donors (Lipinski definition) is 1. The third-order valence-corrected chi connectivity index (χ3v) is 3.81. The van der Waals surface area contributed by atoms with Crippen LogP contribution in [0.3, 0.4) is 0 Å². The van der Waals surface area contributed by atoms with Crippen LogP contribution in [-0.2, 0) is 10.5 Å². The molecule has 0 fully saturated rings. The van der Waals surface area contributed by atoms with Crippen molar-refractivity contribution in [2.24, 2.45) is 0 Å². The van der Waals surface area contributed by atoms with E-state index in [1.165, 1.54) is 5.56 Å². The fourth-order valence-corrected chi connectivity index (χ4v) is 2.96. The van der Waals surface area contributed by atoms with Crippen LogP contribution >= 0.6 is 11.8 Å². The molecule has 108 valence electrons. The molecule has 0 atom stereocenters. The molecule has 21 heavy (non-hydrogen) atoms. The number of benzene rings is 1. The smallest absolute Gasteiger partial charge is 0.328 e. The van der Waals surface area contributed by atoms with Gasteiger partial charge in [0, 0.05) is 17.5 Å². The minimum atomic E-state index is -0.936. The van der Waals surface area contributed by atoms with Crippen LogP contribution in [0.15, 0.2) is 47.5 Å². The average molecular weight is 299 g/mol. The number of aliphatic carboxylic acids is 1. The van der Waals surface area contributed by atoms with Gasteiger partial charge in [-0.05, 0) is 48.7 Å². The topological polar surface area (TPSA) is 50.2 Å². The first-order valence-corrected chi connectivity index (χ1v) is 7.59. The van der Waals surface area contributed by atoms with Crippen LogP contribution in [0.4, 0.5) is 0 Å². The van der Waals surface area contributed by atoms with E-state index in [9.17, 15) is 4.79 Å². The Kier molecular flexibility index (Phi) is 5.17. The van der Waals surface area contributed by atoms with Crippen LogP contribution in [-0.4, -0.2) is 16.1 Å². The third-order valence-electron chi connectivity index (χ3n) is 2.83. The zero-order chi connectivity index (χ0) is 15.2. The summed E-state index contributed by atoms with van der Waals surface area (Å²) in [6, 6.07) is 12.0. The van der Waals surface area contributed by atoms with E-state index in [4.69, 9.17) is 5.11 Å². The van der Waals surface area contributed by atoms with Crippen molar-refractivity contribution in [1.82, 2.24) is 4.98 Å². The molecule has 4 heteroatoms. The summed E-state index contributed by atoms with van der Waals surface area (Å²) in [5.41, 5.74) is 4.27. The number of carboxylic acids is 1. The molecule has 2 aromatic rings. The second-order valence-electron chi connectivity index (χ2n) is 4.83. The monoisotopic (exact) mass is 299 g/mol. The number of aryl methyl sites for hydroxylation is 2. The lowest BCUT2D eigenvalue weighted by atomic mass is 10.1. The van der Waals surface area contributed by atoms with Gasteiger partial charge in [0.1, 0.15) is 0 Å². The Labute approximate surface area is 128 Å². The number of hydrogen-bond acceptors (Lipinski definition) is 3. The Morgan fingerprint density at radius 3 is 2.81 bits per heavy atom. The van der Waals surface area contributed by atoms with Gasteiger partial charge in [0.2, 0.25) is 0 Å². The first-order chi connectivity index (χ1) is 10.0. The molecule has 1 aromatic carbocycles. The molecular weight excluding hydrogens is 282 g/mol. The highest BCUT2D eigenvalue weighted by molar-refractivity contribution is 7.98. The molecular formula is C17H17NO2S. The molecule has 0 saturated carbocycles. The second kappa shape index (κ2) is 7.09. The third kappa shape index (κ3) is 5.08. The zero-order valence-corrected chi connectivity index (χ0v) is 12.9. The normalized spacial score (nSPS) is 11.0. The van der Waals surface area contributed by atoms with Crippen LogP contribution in [0.25, 0.3) is 6.08 Å². The quantitative estimate of drug-likeness (QED) is 0.667. The summed E-state index contributed by atoms with van der Waals surface area (Å²) in [6.07, 6.45) is 2.75. The predicted molar refractivity (Wildman–Crippen MR) is 86.4 cm³/mol. The molecule has 0 aliphatic rings. The van der Waals surface area contributed by atoms with Crippen molar-refractivity contribution in [3.05, 3.63) is 64.9 Å². The molecule has 1 aromatic heterocycles. The van der Waals surface area contributed by atoms with Crippen molar-refractivity contribution >= 4 is 23.8 Å². The van der Waals surface area contributed by atoms with Gasteiger partial charge < -0.3 is 5.11 Å². The number of rotatable bonds is 5. The average Bonchev–Trinajstić information content (AvgIpc) is 2.42. The Bertz CT molecular complexity index is 660.